The highest BCUT2D eigenvalue weighted by Gasteiger charge is 2.14. The zero-order valence-corrected chi connectivity index (χ0v) is 10.5. The number of hydrogen-bond donors (Lipinski definition) is 4. The van der Waals surface area contributed by atoms with E-state index in [9.17, 15) is 10.0 Å². The van der Waals surface area contributed by atoms with Gasteiger partial charge in [-0.05, 0) is 23.2 Å². The quantitative estimate of drug-likeness (QED) is 0.414. The van der Waals surface area contributed by atoms with Crippen LogP contribution in [0, 0.1) is 0 Å². The van der Waals surface area contributed by atoms with Crippen molar-refractivity contribution < 1.29 is 10.0 Å². The van der Waals surface area contributed by atoms with Gasteiger partial charge in [0.2, 0.25) is 0 Å². The maximum atomic E-state index is 9.18. The molecule has 0 atom stereocenters. The fourth-order valence-electron chi connectivity index (χ4n) is 2.07. The smallest absolute Gasteiger partial charge is 0.423 e. The van der Waals surface area contributed by atoms with Gasteiger partial charge in [0.25, 0.3) is 0 Å². The Bertz CT molecular complexity index is 384. The topological polar surface area (TPSA) is 55.7 Å². The number of rotatable bonds is 3. The first-order valence-corrected chi connectivity index (χ1v) is 6.22. The molecule has 6 heteroatoms. The van der Waals surface area contributed by atoms with Crippen molar-refractivity contribution in [2.24, 2.45) is 0 Å². The van der Waals surface area contributed by atoms with Crippen molar-refractivity contribution >= 4 is 25.2 Å². The number of thiol groups is 1. The molecule has 1 saturated heterocycles. The molecule has 0 aromatic heterocycles. The van der Waals surface area contributed by atoms with Crippen molar-refractivity contribution in [2.45, 2.75) is 11.4 Å². The van der Waals surface area contributed by atoms with E-state index in [2.05, 4.69) is 22.8 Å². The van der Waals surface area contributed by atoms with Gasteiger partial charge in [0.05, 0.1) is 0 Å². The highest BCUT2D eigenvalue weighted by atomic mass is 32.1. The van der Waals surface area contributed by atoms with E-state index in [1.54, 1.807) is 6.07 Å². The van der Waals surface area contributed by atoms with Crippen LogP contribution >= 0.6 is 12.6 Å². The van der Waals surface area contributed by atoms with Gasteiger partial charge < -0.3 is 15.4 Å². The molecule has 3 N–H and O–H groups in total. The number of benzene rings is 1. The van der Waals surface area contributed by atoms with Crippen LogP contribution in [0.3, 0.4) is 0 Å². The summed E-state index contributed by atoms with van der Waals surface area (Å²) in [6.45, 7) is 4.89. The fourth-order valence-corrected chi connectivity index (χ4v) is 2.38. The molecule has 1 aliphatic heterocycles. The molecule has 0 radical (unpaired) electrons. The van der Waals surface area contributed by atoms with Crippen LogP contribution < -0.4 is 10.8 Å². The van der Waals surface area contributed by atoms with Gasteiger partial charge in [-0.25, -0.2) is 0 Å². The molecule has 1 aromatic rings. The minimum absolute atomic E-state index is 0.502. The average Bonchev–Trinajstić information content (AvgIpc) is 2.29. The first-order valence-electron chi connectivity index (χ1n) is 5.77. The predicted octanol–water partition coefficient (Wildman–Crippen LogP) is -0.940. The average molecular weight is 252 g/mol. The molecule has 0 spiro atoms. The van der Waals surface area contributed by atoms with Crippen LogP contribution in [0.2, 0.25) is 0 Å². The van der Waals surface area contributed by atoms with Crippen molar-refractivity contribution in [3.63, 3.8) is 0 Å². The normalized spacial score (nSPS) is 17.1. The Morgan fingerprint density at radius 3 is 2.59 bits per heavy atom. The van der Waals surface area contributed by atoms with Crippen LogP contribution in [0.15, 0.2) is 23.1 Å². The van der Waals surface area contributed by atoms with E-state index in [4.69, 9.17) is 0 Å². The second-order valence-corrected chi connectivity index (χ2v) is 4.85. The summed E-state index contributed by atoms with van der Waals surface area (Å²) in [4.78, 5) is 3.10. The highest BCUT2D eigenvalue weighted by molar-refractivity contribution is 7.80. The predicted molar refractivity (Wildman–Crippen MR) is 71.7 cm³/mol. The van der Waals surface area contributed by atoms with Gasteiger partial charge in [-0.15, -0.1) is 12.6 Å². The van der Waals surface area contributed by atoms with Crippen molar-refractivity contribution in [3.8, 4) is 0 Å². The van der Waals surface area contributed by atoms with E-state index in [-0.39, 0.29) is 0 Å². The largest absolute Gasteiger partial charge is 0.488 e. The molecule has 2 rings (SSSR count). The third-order valence-corrected chi connectivity index (χ3v) is 3.17. The summed E-state index contributed by atoms with van der Waals surface area (Å²) in [5.41, 5.74) is 1.57. The monoisotopic (exact) mass is 252 g/mol. The number of nitrogens with one attached hydrogen (secondary N) is 1. The summed E-state index contributed by atoms with van der Waals surface area (Å²) in [5.74, 6) is 0. The molecule has 1 aliphatic rings. The second-order valence-electron chi connectivity index (χ2n) is 4.33. The lowest BCUT2D eigenvalue weighted by atomic mass is 9.79. The summed E-state index contributed by atoms with van der Waals surface area (Å²) in [6.07, 6.45) is 0. The molecule has 0 amide bonds. The maximum Gasteiger partial charge on any atom is 0.488 e. The standard InChI is InChI=1S/C11H17BN2O2S/c15-12(16)10-5-9(6-11(17)7-10)8-14-3-1-13-2-4-14/h5-7,13,15-17H,1-4,8H2. The molecular formula is C11H17BN2O2S. The summed E-state index contributed by atoms with van der Waals surface area (Å²) in [6, 6.07) is 5.47. The van der Waals surface area contributed by atoms with Gasteiger partial charge in [0, 0.05) is 37.6 Å². The zero-order chi connectivity index (χ0) is 12.3. The highest BCUT2D eigenvalue weighted by Crippen LogP contribution is 2.11. The molecule has 1 fully saturated rings. The van der Waals surface area contributed by atoms with E-state index >= 15 is 0 Å². The van der Waals surface area contributed by atoms with Gasteiger partial charge in [0.15, 0.2) is 0 Å². The lowest BCUT2D eigenvalue weighted by Crippen LogP contribution is -2.43. The Morgan fingerprint density at radius 2 is 1.94 bits per heavy atom. The molecule has 0 bridgehead atoms. The molecule has 0 saturated carbocycles. The first-order chi connectivity index (χ1) is 8.15. The Balaban J connectivity index is 2.09. The Kier molecular flexibility index (Phi) is 4.47. The Morgan fingerprint density at radius 1 is 1.24 bits per heavy atom. The van der Waals surface area contributed by atoms with Crippen molar-refractivity contribution in [1.82, 2.24) is 10.2 Å². The molecule has 0 aliphatic carbocycles. The Labute approximate surface area is 107 Å². The van der Waals surface area contributed by atoms with E-state index in [0.29, 0.717) is 5.46 Å². The number of piperazine rings is 1. The summed E-state index contributed by atoms with van der Waals surface area (Å²) < 4.78 is 0. The van der Waals surface area contributed by atoms with Crippen molar-refractivity contribution in [1.29, 1.82) is 0 Å². The fraction of sp³-hybridized carbons (Fsp3) is 0.455. The van der Waals surface area contributed by atoms with Gasteiger partial charge in [-0.3, -0.25) is 4.90 Å². The van der Waals surface area contributed by atoms with E-state index < -0.39 is 7.12 Å². The molecule has 1 aromatic carbocycles. The molecule has 92 valence electrons. The minimum Gasteiger partial charge on any atom is -0.423 e. The van der Waals surface area contributed by atoms with Crippen LogP contribution in [0.25, 0.3) is 0 Å². The summed E-state index contributed by atoms with van der Waals surface area (Å²) in [7, 11) is -1.43. The summed E-state index contributed by atoms with van der Waals surface area (Å²) in [5, 5.41) is 21.7. The molecular weight excluding hydrogens is 235 g/mol. The van der Waals surface area contributed by atoms with Gasteiger partial charge in [-0.2, -0.15) is 0 Å². The lowest BCUT2D eigenvalue weighted by molar-refractivity contribution is 0.233. The Hall–Kier alpha value is -0.525. The second kappa shape index (κ2) is 5.88. The number of nitrogens with zero attached hydrogens (tertiary/aromatic N) is 1. The van der Waals surface area contributed by atoms with Gasteiger partial charge >= 0.3 is 7.12 Å². The van der Waals surface area contributed by atoms with E-state index in [1.165, 1.54) is 0 Å². The molecule has 17 heavy (non-hydrogen) atoms. The minimum atomic E-state index is -1.43. The molecule has 0 unspecified atom stereocenters. The van der Waals surface area contributed by atoms with Crippen LogP contribution in [0.1, 0.15) is 5.56 Å². The van der Waals surface area contributed by atoms with Crippen molar-refractivity contribution in [2.75, 3.05) is 26.2 Å². The van der Waals surface area contributed by atoms with Gasteiger partial charge in [-0.1, -0.05) is 6.07 Å². The van der Waals surface area contributed by atoms with Crippen LogP contribution in [0.5, 0.6) is 0 Å². The van der Waals surface area contributed by atoms with E-state index in [1.807, 2.05) is 12.1 Å². The van der Waals surface area contributed by atoms with Crippen LogP contribution in [-0.4, -0.2) is 48.2 Å². The number of hydrogen-bond acceptors (Lipinski definition) is 5. The SMILES string of the molecule is OB(O)c1cc(S)cc(CN2CCNCC2)c1. The summed E-state index contributed by atoms with van der Waals surface area (Å²) >= 11 is 4.28. The molecule has 4 nitrogen and oxygen atoms in total. The van der Waals surface area contributed by atoms with Gasteiger partial charge in [0.1, 0.15) is 0 Å². The van der Waals surface area contributed by atoms with Crippen LogP contribution in [-0.2, 0) is 6.54 Å². The third kappa shape index (κ3) is 3.72. The van der Waals surface area contributed by atoms with Crippen molar-refractivity contribution in [3.05, 3.63) is 23.8 Å². The van der Waals surface area contributed by atoms with E-state index in [0.717, 1.165) is 43.2 Å². The maximum absolute atomic E-state index is 9.18. The molecule has 1 heterocycles. The lowest BCUT2D eigenvalue weighted by Gasteiger charge is -2.27. The third-order valence-electron chi connectivity index (χ3n) is 2.91. The van der Waals surface area contributed by atoms with Crippen LogP contribution in [0.4, 0.5) is 0 Å². The first kappa shape index (κ1) is 12.9. The zero-order valence-electron chi connectivity index (χ0n) is 9.63.